The van der Waals surface area contributed by atoms with E-state index in [1.807, 2.05) is 13.0 Å². The lowest BCUT2D eigenvalue weighted by atomic mass is 9.43. The van der Waals surface area contributed by atoms with Gasteiger partial charge in [-0.15, -0.1) is 0 Å². The molecular formula is C27H39NO5. The van der Waals surface area contributed by atoms with Crippen molar-refractivity contribution in [2.24, 2.45) is 28.6 Å². The van der Waals surface area contributed by atoms with Gasteiger partial charge in [0, 0.05) is 24.1 Å². The van der Waals surface area contributed by atoms with Gasteiger partial charge >= 0.3 is 11.7 Å². The van der Waals surface area contributed by atoms with Crippen molar-refractivity contribution in [2.45, 2.75) is 96.1 Å². The van der Waals surface area contributed by atoms with E-state index in [1.54, 1.807) is 11.2 Å². The Kier molecular flexibility index (Phi) is 5.47. The molecule has 182 valence electrons. The minimum Gasteiger partial charge on any atom is -0.465 e. The number of amides is 1. The molecule has 1 amide bonds. The van der Waals surface area contributed by atoms with E-state index < -0.39 is 11.7 Å². The van der Waals surface area contributed by atoms with Gasteiger partial charge in [-0.3, -0.25) is 0 Å². The van der Waals surface area contributed by atoms with E-state index in [0.717, 1.165) is 63.4 Å². The fourth-order valence-electron chi connectivity index (χ4n) is 9.14. The lowest BCUT2D eigenvalue weighted by Crippen LogP contribution is -2.62. The summed E-state index contributed by atoms with van der Waals surface area (Å²) >= 11 is 0. The molecule has 0 aliphatic heterocycles. The first-order chi connectivity index (χ1) is 15.6. The number of carbonyl (C=O) groups is 1. The number of nitrogens with zero attached hydrogens (tertiary/aromatic N) is 1. The van der Waals surface area contributed by atoms with Crippen molar-refractivity contribution in [2.75, 3.05) is 6.54 Å². The molecule has 6 nitrogen and oxygen atoms in total. The van der Waals surface area contributed by atoms with E-state index in [-0.39, 0.29) is 34.3 Å². The van der Waals surface area contributed by atoms with Crippen LogP contribution in [0.25, 0.3) is 0 Å². The molecule has 0 spiro atoms. The summed E-state index contributed by atoms with van der Waals surface area (Å²) in [4.78, 5) is 24.9. The van der Waals surface area contributed by atoms with Crippen molar-refractivity contribution < 1.29 is 19.4 Å². The number of fused-ring (bicyclic) bond motifs is 5. The maximum absolute atomic E-state index is 12.3. The van der Waals surface area contributed by atoms with Crippen molar-refractivity contribution in [3.8, 4) is 0 Å². The fraction of sp³-hybridized carbons (Fsp3) is 0.778. The zero-order valence-electron chi connectivity index (χ0n) is 20.3. The van der Waals surface area contributed by atoms with Gasteiger partial charge in [-0.1, -0.05) is 13.8 Å². The summed E-state index contributed by atoms with van der Waals surface area (Å²) < 4.78 is 5.19. The van der Waals surface area contributed by atoms with Crippen LogP contribution in [-0.4, -0.2) is 39.4 Å². The van der Waals surface area contributed by atoms with Gasteiger partial charge in [0.15, 0.2) is 0 Å². The van der Waals surface area contributed by atoms with Gasteiger partial charge in [0.05, 0.1) is 11.9 Å². The average molecular weight is 458 g/mol. The van der Waals surface area contributed by atoms with Gasteiger partial charge in [0.2, 0.25) is 0 Å². The van der Waals surface area contributed by atoms with Gasteiger partial charge in [0.25, 0.3) is 0 Å². The number of carboxylic acid groups (broad SMARTS) is 1. The smallest absolute Gasteiger partial charge is 0.407 e. The van der Waals surface area contributed by atoms with Crippen molar-refractivity contribution in [1.82, 2.24) is 4.90 Å². The van der Waals surface area contributed by atoms with Crippen molar-refractivity contribution in [3.63, 3.8) is 0 Å². The molecule has 0 radical (unpaired) electrons. The van der Waals surface area contributed by atoms with Crippen LogP contribution in [0.2, 0.25) is 0 Å². The van der Waals surface area contributed by atoms with Crippen LogP contribution in [0, 0.1) is 28.6 Å². The molecule has 2 N–H and O–H groups in total. The Morgan fingerprint density at radius 1 is 1.09 bits per heavy atom. The SMILES string of the molecule is CCN(C(=O)O)[C@H]1CC[C@@]2(C)[C@H](CC[C@@H]3[C@@H]2CC[C@]2(C)[C@@H](c4ccc(=O)oc4)CC[C@]32O)C1. The highest BCUT2D eigenvalue weighted by Gasteiger charge is 2.67. The Labute approximate surface area is 196 Å². The summed E-state index contributed by atoms with van der Waals surface area (Å²) in [5, 5.41) is 22.0. The van der Waals surface area contributed by atoms with Crippen LogP contribution in [0.5, 0.6) is 0 Å². The van der Waals surface area contributed by atoms with Crippen LogP contribution in [0.3, 0.4) is 0 Å². The molecule has 0 aromatic carbocycles. The summed E-state index contributed by atoms with van der Waals surface area (Å²) in [6.07, 6.45) is 9.69. The predicted octanol–water partition coefficient (Wildman–Crippen LogP) is 5.25. The first kappa shape index (κ1) is 22.9. The molecule has 8 atom stereocenters. The first-order valence-corrected chi connectivity index (χ1v) is 12.9. The topological polar surface area (TPSA) is 91.0 Å². The van der Waals surface area contributed by atoms with E-state index in [1.165, 1.54) is 6.07 Å². The molecule has 4 aliphatic rings. The van der Waals surface area contributed by atoms with Crippen LogP contribution in [0.4, 0.5) is 4.79 Å². The predicted molar refractivity (Wildman–Crippen MR) is 125 cm³/mol. The number of hydrogen-bond donors (Lipinski definition) is 2. The molecule has 4 aliphatic carbocycles. The highest BCUT2D eigenvalue weighted by atomic mass is 16.4. The van der Waals surface area contributed by atoms with E-state index >= 15 is 0 Å². The summed E-state index contributed by atoms with van der Waals surface area (Å²) in [6, 6.07) is 3.52. The second-order valence-electron chi connectivity index (χ2n) is 11.8. The Morgan fingerprint density at radius 2 is 1.88 bits per heavy atom. The van der Waals surface area contributed by atoms with Crippen LogP contribution in [0.1, 0.15) is 90.0 Å². The second kappa shape index (κ2) is 7.86. The second-order valence-corrected chi connectivity index (χ2v) is 11.8. The van der Waals surface area contributed by atoms with E-state index in [2.05, 4.69) is 13.8 Å². The van der Waals surface area contributed by atoms with Gasteiger partial charge in [-0.2, -0.15) is 0 Å². The molecule has 4 fully saturated rings. The molecule has 1 heterocycles. The van der Waals surface area contributed by atoms with Gasteiger partial charge in [-0.05, 0) is 105 Å². The van der Waals surface area contributed by atoms with E-state index in [4.69, 9.17) is 4.42 Å². The quantitative estimate of drug-likeness (QED) is 0.647. The van der Waals surface area contributed by atoms with Crippen LogP contribution in [-0.2, 0) is 0 Å². The normalized spacial score (nSPS) is 44.4. The first-order valence-electron chi connectivity index (χ1n) is 12.9. The van der Waals surface area contributed by atoms with Gasteiger partial charge in [0.1, 0.15) is 0 Å². The molecule has 5 rings (SSSR count). The molecule has 0 unspecified atom stereocenters. The van der Waals surface area contributed by atoms with Crippen LogP contribution < -0.4 is 5.63 Å². The molecule has 6 heteroatoms. The molecular weight excluding hydrogens is 418 g/mol. The zero-order valence-corrected chi connectivity index (χ0v) is 20.3. The Morgan fingerprint density at radius 3 is 2.55 bits per heavy atom. The number of hydrogen-bond acceptors (Lipinski definition) is 4. The monoisotopic (exact) mass is 457 g/mol. The Balaban J connectivity index is 1.40. The molecule has 1 aromatic rings. The Hall–Kier alpha value is -1.82. The Bertz CT molecular complexity index is 955. The summed E-state index contributed by atoms with van der Waals surface area (Å²) in [6.45, 7) is 7.19. The minimum atomic E-state index is -0.795. The molecule has 1 aromatic heterocycles. The van der Waals surface area contributed by atoms with E-state index in [0.29, 0.717) is 18.4 Å². The van der Waals surface area contributed by atoms with Gasteiger partial charge in [-0.25, -0.2) is 9.59 Å². The number of aliphatic hydroxyl groups is 1. The van der Waals surface area contributed by atoms with Gasteiger partial charge < -0.3 is 19.5 Å². The molecule has 0 bridgehead atoms. The molecule has 33 heavy (non-hydrogen) atoms. The summed E-state index contributed by atoms with van der Waals surface area (Å²) in [7, 11) is 0. The third-order valence-electron chi connectivity index (χ3n) is 11.0. The standard InChI is InChI=1S/C27H39NO5/c1-4-28(24(30)31)19-9-12-25(2)18(15-19)6-7-22-21(25)10-13-26(3)20(11-14-27(22,26)32)17-5-8-23(29)33-16-17/h5,8,16,18-22,32H,4,6-7,9-15H2,1-3H3,(H,30,31)/t18-,19+,20-,21+,22-,25+,26-,27+/m1/s1. The minimum absolute atomic E-state index is 0.127. The zero-order chi connectivity index (χ0) is 23.6. The van der Waals surface area contributed by atoms with Crippen LogP contribution in [0.15, 0.2) is 27.6 Å². The molecule has 4 saturated carbocycles. The van der Waals surface area contributed by atoms with Crippen LogP contribution >= 0.6 is 0 Å². The highest BCUT2D eigenvalue weighted by molar-refractivity contribution is 5.65. The third-order valence-corrected chi connectivity index (χ3v) is 11.0. The maximum atomic E-state index is 12.3. The fourth-order valence-corrected chi connectivity index (χ4v) is 9.14. The van der Waals surface area contributed by atoms with Crippen molar-refractivity contribution in [3.05, 3.63) is 34.4 Å². The largest absolute Gasteiger partial charge is 0.465 e. The summed E-state index contributed by atoms with van der Waals surface area (Å²) in [5.74, 6) is 1.52. The van der Waals surface area contributed by atoms with E-state index in [9.17, 15) is 19.8 Å². The lowest BCUT2D eigenvalue weighted by molar-refractivity contribution is -0.203. The van der Waals surface area contributed by atoms with Crippen molar-refractivity contribution >= 4 is 6.09 Å². The lowest BCUT2D eigenvalue weighted by Gasteiger charge is -2.64. The average Bonchev–Trinajstić information content (AvgIpc) is 3.06. The van der Waals surface area contributed by atoms with Crippen molar-refractivity contribution in [1.29, 1.82) is 0 Å². The third kappa shape index (κ3) is 3.23. The maximum Gasteiger partial charge on any atom is 0.407 e. The highest BCUT2D eigenvalue weighted by Crippen LogP contribution is 2.70. The number of rotatable bonds is 3. The molecule has 0 saturated heterocycles. The summed E-state index contributed by atoms with van der Waals surface area (Å²) in [5.41, 5.74) is -0.0200.